The van der Waals surface area contributed by atoms with E-state index in [2.05, 4.69) is 5.32 Å². The number of carbonyl (C=O) groups is 1. The zero-order chi connectivity index (χ0) is 24.4. The lowest BCUT2D eigenvalue weighted by molar-refractivity contribution is -0.116. The molecule has 5 aromatic rings. The Morgan fingerprint density at radius 2 is 1.66 bits per heavy atom. The minimum absolute atomic E-state index is 0.167. The third-order valence-electron chi connectivity index (χ3n) is 5.84. The predicted molar refractivity (Wildman–Crippen MR) is 137 cm³/mol. The Balaban J connectivity index is 1.66. The number of methoxy groups -OCH3 is 1. The zero-order valence-corrected chi connectivity index (χ0v) is 19.4. The van der Waals surface area contributed by atoms with E-state index < -0.39 is 0 Å². The monoisotopic (exact) mass is 464 g/mol. The molecule has 0 unspecified atom stereocenters. The second kappa shape index (κ2) is 9.30. The maximum absolute atomic E-state index is 13.4. The Morgan fingerprint density at radius 3 is 2.37 bits per heavy atom. The molecule has 2 aromatic heterocycles. The highest BCUT2D eigenvalue weighted by molar-refractivity contribution is 5.97. The van der Waals surface area contributed by atoms with Gasteiger partial charge >= 0.3 is 0 Å². The highest BCUT2D eigenvalue weighted by Crippen LogP contribution is 2.31. The van der Waals surface area contributed by atoms with E-state index in [4.69, 9.17) is 9.84 Å². The predicted octanol–water partition coefficient (Wildman–Crippen LogP) is 4.81. The van der Waals surface area contributed by atoms with Crippen LogP contribution >= 0.6 is 0 Å². The van der Waals surface area contributed by atoms with Crippen molar-refractivity contribution >= 4 is 22.6 Å². The number of anilines is 1. The highest BCUT2D eigenvalue weighted by Gasteiger charge is 2.21. The smallest absolute Gasteiger partial charge is 0.253 e. The fraction of sp³-hybridized carbons (Fsp3) is 0.107. The number of para-hydroxylation sites is 1. The van der Waals surface area contributed by atoms with E-state index >= 15 is 0 Å². The van der Waals surface area contributed by atoms with Gasteiger partial charge in [0, 0.05) is 23.2 Å². The lowest BCUT2D eigenvalue weighted by Gasteiger charge is -2.14. The maximum Gasteiger partial charge on any atom is 0.253 e. The summed E-state index contributed by atoms with van der Waals surface area (Å²) < 4.78 is 8.45. The molecule has 0 bridgehead atoms. The number of benzene rings is 3. The van der Waals surface area contributed by atoms with Crippen molar-refractivity contribution in [1.29, 1.82) is 0 Å². The van der Waals surface area contributed by atoms with Gasteiger partial charge in [-0.1, -0.05) is 54.6 Å². The van der Waals surface area contributed by atoms with Gasteiger partial charge in [-0.15, -0.1) is 0 Å². The van der Waals surface area contributed by atoms with Crippen LogP contribution in [0.1, 0.15) is 5.69 Å². The van der Waals surface area contributed by atoms with Gasteiger partial charge < -0.3 is 10.1 Å². The van der Waals surface area contributed by atoms with Crippen LogP contribution in [0.25, 0.3) is 27.8 Å². The van der Waals surface area contributed by atoms with Gasteiger partial charge in [0.25, 0.3) is 5.56 Å². The molecule has 3 aromatic carbocycles. The molecule has 0 aliphatic carbocycles. The molecule has 1 amide bonds. The third-order valence-corrected chi connectivity index (χ3v) is 5.84. The van der Waals surface area contributed by atoms with E-state index in [1.54, 1.807) is 42.1 Å². The standard InChI is InChI=1S/C28H24N4O3/c1-19-27-24(20-10-5-3-6-11-20)17-26(34)31(28(27)32(30-19)22-13-7-4-8-14-22)18-25(33)29-21-12-9-15-23(16-21)35-2/h3-17H,18H2,1-2H3,(H,29,33). The van der Waals surface area contributed by atoms with Crippen molar-refractivity contribution in [3.8, 4) is 22.6 Å². The van der Waals surface area contributed by atoms with Crippen LogP contribution in [-0.4, -0.2) is 27.4 Å². The summed E-state index contributed by atoms with van der Waals surface area (Å²) >= 11 is 0. The molecular formula is C28H24N4O3. The average molecular weight is 465 g/mol. The molecule has 35 heavy (non-hydrogen) atoms. The van der Waals surface area contributed by atoms with Crippen LogP contribution in [0, 0.1) is 6.92 Å². The lowest BCUT2D eigenvalue weighted by atomic mass is 10.0. The number of hydrogen-bond donors (Lipinski definition) is 1. The minimum Gasteiger partial charge on any atom is -0.497 e. The largest absolute Gasteiger partial charge is 0.497 e. The molecule has 0 radical (unpaired) electrons. The fourth-order valence-electron chi connectivity index (χ4n) is 4.25. The second-order valence-corrected chi connectivity index (χ2v) is 8.16. The van der Waals surface area contributed by atoms with Crippen molar-refractivity contribution < 1.29 is 9.53 Å². The summed E-state index contributed by atoms with van der Waals surface area (Å²) in [5.41, 5.74) is 4.15. The first-order chi connectivity index (χ1) is 17.0. The summed E-state index contributed by atoms with van der Waals surface area (Å²) in [5.74, 6) is 0.305. The maximum atomic E-state index is 13.4. The zero-order valence-electron chi connectivity index (χ0n) is 19.4. The molecule has 2 heterocycles. The molecule has 7 nitrogen and oxygen atoms in total. The molecule has 0 fully saturated rings. The molecule has 5 rings (SSSR count). The van der Waals surface area contributed by atoms with E-state index in [1.807, 2.05) is 67.6 Å². The molecule has 0 aliphatic heterocycles. The van der Waals surface area contributed by atoms with Gasteiger partial charge in [-0.25, -0.2) is 4.68 Å². The van der Waals surface area contributed by atoms with Crippen molar-refractivity contribution in [2.24, 2.45) is 0 Å². The topological polar surface area (TPSA) is 78.2 Å². The number of fused-ring (bicyclic) bond motifs is 1. The molecule has 0 saturated heterocycles. The minimum atomic E-state index is -0.326. The normalized spacial score (nSPS) is 10.9. The van der Waals surface area contributed by atoms with E-state index in [-0.39, 0.29) is 18.0 Å². The number of carbonyl (C=O) groups excluding carboxylic acids is 1. The van der Waals surface area contributed by atoms with Crippen molar-refractivity contribution in [3.05, 3.63) is 107 Å². The number of pyridine rings is 1. The van der Waals surface area contributed by atoms with Gasteiger partial charge in [0.1, 0.15) is 17.9 Å². The van der Waals surface area contributed by atoms with Crippen molar-refractivity contribution in [2.75, 3.05) is 12.4 Å². The number of nitrogens with zero attached hydrogens (tertiary/aromatic N) is 3. The molecule has 0 saturated carbocycles. The molecule has 0 spiro atoms. The summed E-state index contributed by atoms with van der Waals surface area (Å²) in [6.45, 7) is 1.75. The molecule has 7 heteroatoms. The van der Waals surface area contributed by atoms with Crippen LogP contribution in [0.4, 0.5) is 5.69 Å². The van der Waals surface area contributed by atoms with Crippen LogP contribution in [0.15, 0.2) is 95.8 Å². The number of hydrogen-bond acceptors (Lipinski definition) is 4. The second-order valence-electron chi connectivity index (χ2n) is 8.16. The van der Waals surface area contributed by atoms with Crippen LogP contribution < -0.4 is 15.6 Å². The van der Waals surface area contributed by atoms with Crippen LogP contribution in [0.3, 0.4) is 0 Å². The van der Waals surface area contributed by atoms with E-state index in [0.29, 0.717) is 17.1 Å². The van der Waals surface area contributed by atoms with Crippen LogP contribution in [-0.2, 0) is 11.3 Å². The average Bonchev–Trinajstić information content (AvgIpc) is 3.23. The van der Waals surface area contributed by atoms with Gasteiger partial charge in [-0.3, -0.25) is 14.2 Å². The number of rotatable bonds is 6. The summed E-state index contributed by atoms with van der Waals surface area (Å²) in [6.07, 6.45) is 0. The van der Waals surface area contributed by atoms with Crippen molar-refractivity contribution in [3.63, 3.8) is 0 Å². The van der Waals surface area contributed by atoms with Crippen LogP contribution in [0.5, 0.6) is 5.75 Å². The number of ether oxygens (including phenoxy) is 1. The molecular weight excluding hydrogens is 440 g/mol. The molecule has 174 valence electrons. The summed E-state index contributed by atoms with van der Waals surface area (Å²) in [7, 11) is 1.57. The Labute approximate surface area is 202 Å². The number of amides is 1. The highest BCUT2D eigenvalue weighted by atomic mass is 16.5. The van der Waals surface area contributed by atoms with Crippen molar-refractivity contribution in [2.45, 2.75) is 13.5 Å². The van der Waals surface area contributed by atoms with Gasteiger partial charge in [-0.05, 0) is 42.3 Å². The SMILES string of the molecule is COc1cccc(NC(=O)Cn2c(=O)cc(-c3ccccc3)c3c(C)nn(-c4ccccc4)c32)c1. The quantitative estimate of drug-likeness (QED) is 0.391. The van der Waals surface area contributed by atoms with Crippen molar-refractivity contribution in [1.82, 2.24) is 14.3 Å². The molecule has 0 aliphatic rings. The first-order valence-electron chi connectivity index (χ1n) is 11.2. The Hall–Kier alpha value is -4.65. The van der Waals surface area contributed by atoms with E-state index in [9.17, 15) is 9.59 Å². The molecule has 0 atom stereocenters. The Kier molecular flexibility index (Phi) is 5.89. The van der Waals surface area contributed by atoms with Gasteiger partial charge in [-0.2, -0.15) is 5.10 Å². The summed E-state index contributed by atoms with van der Waals surface area (Å²) in [6, 6.07) is 28.0. The van der Waals surface area contributed by atoms with Gasteiger partial charge in [0.05, 0.1) is 18.5 Å². The lowest BCUT2D eigenvalue weighted by Crippen LogP contribution is -2.28. The Bertz CT molecular complexity index is 1570. The fourth-order valence-corrected chi connectivity index (χ4v) is 4.25. The molecule has 1 N–H and O–H groups in total. The third kappa shape index (κ3) is 4.31. The first kappa shape index (κ1) is 22.2. The first-order valence-corrected chi connectivity index (χ1v) is 11.2. The van der Waals surface area contributed by atoms with Gasteiger partial charge in [0.2, 0.25) is 5.91 Å². The van der Waals surface area contributed by atoms with Gasteiger partial charge in [0.15, 0.2) is 0 Å². The van der Waals surface area contributed by atoms with E-state index in [0.717, 1.165) is 27.9 Å². The number of aromatic nitrogens is 3. The summed E-state index contributed by atoms with van der Waals surface area (Å²) in [5, 5.41) is 8.46. The number of aryl methyl sites for hydroxylation is 1. The van der Waals surface area contributed by atoms with E-state index in [1.165, 1.54) is 4.57 Å². The number of nitrogens with one attached hydrogen (secondary N) is 1. The Morgan fingerprint density at radius 1 is 0.943 bits per heavy atom. The summed E-state index contributed by atoms with van der Waals surface area (Å²) in [4.78, 5) is 26.5. The van der Waals surface area contributed by atoms with Crippen LogP contribution in [0.2, 0.25) is 0 Å².